The molecule has 0 aliphatic carbocycles. The minimum Gasteiger partial charge on any atom is -0.481 e. The Morgan fingerprint density at radius 3 is 2.71 bits per heavy atom. The topological polar surface area (TPSA) is 55.1 Å². The van der Waals surface area contributed by atoms with E-state index in [-0.39, 0.29) is 17.2 Å². The summed E-state index contributed by atoms with van der Waals surface area (Å²) in [6, 6.07) is 5.72. The molecule has 0 spiro atoms. The molecule has 6 heteroatoms. The average Bonchev–Trinajstić information content (AvgIpc) is 2.71. The van der Waals surface area contributed by atoms with Gasteiger partial charge in [-0.1, -0.05) is 44.1 Å². The van der Waals surface area contributed by atoms with Crippen LogP contribution in [0, 0.1) is 5.41 Å². The van der Waals surface area contributed by atoms with Crippen LogP contribution in [0.5, 0.6) is 0 Å². The van der Waals surface area contributed by atoms with Gasteiger partial charge < -0.3 is 9.67 Å². The quantitative estimate of drug-likeness (QED) is 0.842. The van der Waals surface area contributed by atoms with Crippen molar-refractivity contribution in [2.45, 2.75) is 38.9 Å². The Kier molecular flexibility index (Phi) is 4.54. The summed E-state index contributed by atoms with van der Waals surface area (Å²) in [6.07, 6.45) is 0. The van der Waals surface area contributed by atoms with Crippen molar-refractivity contribution < 1.29 is 9.90 Å². The lowest BCUT2D eigenvalue weighted by atomic mass is 9.88. The highest BCUT2D eigenvalue weighted by atomic mass is 35.5. The zero-order valence-corrected chi connectivity index (χ0v) is 14.1. The van der Waals surface area contributed by atoms with Crippen molar-refractivity contribution in [3.8, 4) is 0 Å². The molecule has 1 heterocycles. The zero-order chi connectivity index (χ0) is 15.8. The number of rotatable bonds is 4. The van der Waals surface area contributed by atoms with E-state index in [0.29, 0.717) is 5.02 Å². The van der Waals surface area contributed by atoms with E-state index in [1.165, 1.54) is 11.8 Å². The van der Waals surface area contributed by atoms with Gasteiger partial charge in [-0.2, -0.15) is 0 Å². The van der Waals surface area contributed by atoms with Crippen molar-refractivity contribution in [1.29, 1.82) is 0 Å². The minimum absolute atomic E-state index is 0.00603. The van der Waals surface area contributed by atoms with Crippen LogP contribution >= 0.6 is 23.4 Å². The normalized spacial score (nSPS) is 13.6. The fourth-order valence-corrected chi connectivity index (χ4v) is 3.01. The maximum atomic E-state index is 10.8. The molecule has 114 valence electrons. The molecular formula is C15H19ClN2O2S. The molecule has 1 aromatic carbocycles. The van der Waals surface area contributed by atoms with E-state index >= 15 is 0 Å². The summed E-state index contributed by atoms with van der Waals surface area (Å²) in [5.41, 5.74) is 1.80. The van der Waals surface area contributed by atoms with E-state index in [0.717, 1.165) is 16.2 Å². The molecule has 0 bridgehead atoms. The second-order valence-electron chi connectivity index (χ2n) is 6.12. The summed E-state index contributed by atoms with van der Waals surface area (Å²) in [4.78, 5) is 15.4. The van der Waals surface area contributed by atoms with E-state index in [1.54, 1.807) is 6.07 Å². The van der Waals surface area contributed by atoms with Gasteiger partial charge in [0.1, 0.15) is 0 Å². The summed E-state index contributed by atoms with van der Waals surface area (Å²) in [5, 5.41) is 10.3. The molecule has 4 nitrogen and oxygen atoms in total. The van der Waals surface area contributed by atoms with Crippen LogP contribution in [-0.2, 0) is 4.79 Å². The number of nitrogens with zero attached hydrogens (tertiary/aromatic N) is 2. The fraction of sp³-hybridized carbons (Fsp3) is 0.467. The number of aliphatic carboxylic acids is 1. The fourth-order valence-electron chi connectivity index (χ4n) is 2.03. The molecular weight excluding hydrogens is 308 g/mol. The number of thioether (sulfide) groups is 1. The van der Waals surface area contributed by atoms with Gasteiger partial charge in [0, 0.05) is 11.1 Å². The van der Waals surface area contributed by atoms with Gasteiger partial charge in [0.05, 0.1) is 16.8 Å². The molecule has 21 heavy (non-hydrogen) atoms. The third kappa shape index (κ3) is 3.52. The first-order chi connectivity index (χ1) is 9.70. The van der Waals surface area contributed by atoms with E-state index < -0.39 is 5.97 Å². The molecule has 0 amide bonds. The van der Waals surface area contributed by atoms with Crippen molar-refractivity contribution in [3.63, 3.8) is 0 Å². The molecule has 0 radical (unpaired) electrons. The van der Waals surface area contributed by atoms with E-state index in [9.17, 15) is 4.79 Å². The number of hydrogen-bond donors (Lipinski definition) is 1. The molecule has 1 atom stereocenters. The van der Waals surface area contributed by atoms with Crippen LogP contribution in [0.1, 0.15) is 33.7 Å². The van der Waals surface area contributed by atoms with E-state index in [1.807, 2.05) is 12.1 Å². The molecule has 0 aliphatic rings. The standard InChI is InChI=1S/C15H19ClN2O2S/c1-9(15(2,3)4)18-12-7-10(16)5-6-11(12)17-14(18)21-8-13(19)20/h5-7,9H,8H2,1-4H3,(H,19,20). The van der Waals surface area contributed by atoms with Gasteiger partial charge in [0.2, 0.25) is 0 Å². The predicted molar refractivity (Wildman–Crippen MR) is 87.3 cm³/mol. The lowest BCUT2D eigenvalue weighted by Gasteiger charge is -2.30. The van der Waals surface area contributed by atoms with Gasteiger partial charge in [-0.3, -0.25) is 4.79 Å². The first kappa shape index (κ1) is 16.2. The minimum atomic E-state index is -0.847. The lowest BCUT2D eigenvalue weighted by molar-refractivity contribution is -0.133. The molecule has 2 aromatic rings. The van der Waals surface area contributed by atoms with Gasteiger partial charge in [-0.05, 0) is 30.5 Å². The second kappa shape index (κ2) is 5.89. The molecule has 0 aliphatic heterocycles. The summed E-state index contributed by atoms with van der Waals surface area (Å²) in [5.74, 6) is -0.853. The van der Waals surface area contributed by atoms with E-state index in [2.05, 4.69) is 37.2 Å². The molecule has 2 rings (SSSR count). The van der Waals surface area contributed by atoms with Crippen LogP contribution in [-0.4, -0.2) is 26.4 Å². The van der Waals surface area contributed by atoms with Gasteiger partial charge in [0.15, 0.2) is 5.16 Å². The van der Waals surface area contributed by atoms with Crippen LogP contribution in [0.15, 0.2) is 23.4 Å². The average molecular weight is 327 g/mol. The number of halogens is 1. The Balaban J connectivity index is 2.58. The maximum absolute atomic E-state index is 10.8. The van der Waals surface area contributed by atoms with Crippen LogP contribution in [0.25, 0.3) is 11.0 Å². The van der Waals surface area contributed by atoms with Gasteiger partial charge in [0.25, 0.3) is 0 Å². The third-order valence-corrected chi connectivity index (χ3v) is 4.76. The Bertz CT molecular complexity index is 676. The number of fused-ring (bicyclic) bond motifs is 1. The van der Waals surface area contributed by atoms with Crippen molar-refractivity contribution in [2.24, 2.45) is 5.41 Å². The SMILES string of the molecule is CC(n1c(SCC(=O)O)nc2ccc(Cl)cc21)C(C)(C)C. The number of carboxylic acids is 1. The molecule has 0 saturated carbocycles. The van der Waals surface area contributed by atoms with Gasteiger partial charge >= 0.3 is 5.97 Å². The number of hydrogen-bond acceptors (Lipinski definition) is 3. The number of aromatic nitrogens is 2. The van der Waals surface area contributed by atoms with Crippen LogP contribution in [0.2, 0.25) is 5.02 Å². The largest absolute Gasteiger partial charge is 0.481 e. The molecule has 1 N–H and O–H groups in total. The molecule has 0 saturated heterocycles. The van der Waals surface area contributed by atoms with Crippen LogP contribution in [0.4, 0.5) is 0 Å². The highest BCUT2D eigenvalue weighted by Crippen LogP contribution is 2.37. The second-order valence-corrected chi connectivity index (χ2v) is 7.50. The van der Waals surface area contributed by atoms with Crippen LogP contribution < -0.4 is 0 Å². The highest BCUT2D eigenvalue weighted by Gasteiger charge is 2.26. The van der Waals surface area contributed by atoms with Crippen molar-refractivity contribution in [1.82, 2.24) is 9.55 Å². The summed E-state index contributed by atoms with van der Waals surface area (Å²) in [7, 11) is 0. The first-order valence-electron chi connectivity index (χ1n) is 6.72. The zero-order valence-electron chi connectivity index (χ0n) is 12.6. The Hall–Kier alpha value is -1.20. The Labute approximate surface area is 133 Å². The molecule has 1 unspecified atom stereocenters. The number of benzene rings is 1. The van der Waals surface area contributed by atoms with E-state index in [4.69, 9.17) is 16.7 Å². The lowest BCUT2D eigenvalue weighted by Crippen LogP contribution is -2.22. The Morgan fingerprint density at radius 1 is 1.48 bits per heavy atom. The van der Waals surface area contributed by atoms with Crippen LogP contribution in [0.3, 0.4) is 0 Å². The Morgan fingerprint density at radius 2 is 2.14 bits per heavy atom. The summed E-state index contributed by atoms with van der Waals surface area (Å²) < 4.78 is 2.09. The molecule has 0 fully saturated rings. The van der Waals surface area contributed by atoms with Gasteiger partial charge in [-0.25, -0.2) is 4.98 Å². The number of carboxylic acid groups (broad SMARTS) is 1. The maximum Gasteiger partial charge on any atom is 0.313 e. The predicted octanol–water partition coefficient (Wildman–Crippen LogP) is 4.47. The third-order valence-electron chi connectivity index (χ3n) is 3.58. The van der Waals surface area contributed by atoms with Crippen molar-refractivity contribution >= 4 is 40.4 Å². The summed E-state index contributed by atoms with van der Waals surface area (Å²) >= 11 is 7.34. The highest BCUT2D eigenvalue weighted by molar-refractivity contribution is 7.99. The van der Waals surface area contributed by atoms with Gasteiger partial charge in [-0.15, -0.1) is 0 Å². The van der Waals surface area contributed by atoms with Crippen molar-refractivity contribution in [2.75, 3.05) is 5.75 Å². The summed E-state index contributed by atoms with van der Waals surface area (Å²) in [6.45, 7) is 8.58. The first-order valence-corrected chi connectivity index (χ1v) is 8.08. The number of carbonyl (C=O) groups is 1. The monoisotopic (exact) mass is 326 g/mol. The molecule has 1 aromatic heterocycles. The smallest absolute Gasteiger partial charge is 0.313 e. The van der Waals surface area contributed by atoms with Crippen molar-refractivity contribution in [3.05, 3.63) is 23.2 Å². The number of imidazole rings is 1.